The van der Waals surface area contributed by atoms with Gasteiger partial charge in [0.1, 0.15) is 12.1 Å². The molecule has 0 saturated heterocycles. The average Bonchev–Trinajstić information content (AvgIpc) is 2.65. The topological polar surface area (TPSA) is 47.8 Å². The molecule has 0 fully saturated rings. The molecule has 0 radical (unpaired) electrons. The summed E-state index contributed by atoms with van der Waals surface area (Å²) in [6.45, 7) is 0. The van der Waals surface area contributed by atoms with Crippen LogP contribution < -0.4 is 0 Å². The second-order valence-electron chi connectivity index (χ2n) is 3.10. The minimum atomic E-state index is -0.397. The summed E-state index contributed by atoms with van der Waals surface area (Å²) in [5.74, 6) is -0.397. The maximum absolute atomic E-state index is 13.5. The van der Waals surface area contributed by atoms with Crippen LogP contribution in [0.25, 0.3) is 11.3 Å². The highest BCUT2D eigenvalue weighted by molar-refractivity contribution is 5.78. The predicted octanol–water partition coefficient (Wildman–Crippen LogP) is 1.43. The fourth-order valence-electron chi connectivity index (χ4n) is 1.35. The Morgan fingerprint density at radius 3 is 2.87 bits per heavy atom. The molecule has 0 aliphatic rings. The molecule has 0 N–H and O–H groups in total. The second kappa shape index (κ2) is 3.61. The van der Waals surface area contributed by atoms with Crippen molar-refractivity contribution in [3.63, 3.8) is 0 Å². The van der Waals surface area contributed by atoms with E-state index in [0.717, 1.165) is 0 Å². The molecule has 1 aromatic heterocycles. The van der Waals surface area contributed by atoms with Crippen molar-refractivity contribution in [2.45, 2.75) is 0 Å². The fraction of sp³-hybridized carbons (Fsp3) is 0.100. The molecule has 0 amide bonds. The number of nitrogens with zero attached hydrogens (tertiary/aromatic N) is 3. The Hall–Kier alpha value is -2.04. The van der Waals surface area contributed by atoms with Crippen molar-refractivity contribution in [2.24, 2.45) is 7.05 Å². The highest BCUT2D eigenvalue weighted by Gasteiger charge is 2.09. The van der Waals surface area contributed by atoms with Gasteiger partial charge in [-0.15, -0.1) is 5.10 Å². The SMILES string of the molecule is Cn1nncc1-c1cc(C=O)ccc1F. The molecule has 15 heavy (non-hydrogen) atoms. The van der Waals surface area contributed by atoms with E-state index in [-0.39, 0.29) is 0 Å². The Bertz CT molecular complexity index is 507. The van der Waals surface area contributed by atoms with Crippen molar-refractivity contribution in [1.82, 2.24) is 15.0 Å². The van der Waals surface area contributed by atoms with Crippen molar-refractivity contribution in [3.8, 4) is 11.3 Å². The van der Waals surface area contributed by atoms with E-state index < -0.39 is 5.82 Å². The van der Waals surface area contributed by atoms with Gasteiger partial charge in [-0.05, 0) is 18.2 Å². The number of benzene rings is 1. The lowest BCUT2D eigenvalue weighted by atomic mass is 10.1. The summed E-state index contributed by atoms with van der Waals surface area (Å²) < 4.78 is 14.9. The van der Waals surface area contributed by atoms with Gasteiger partial charge < -0.3 is 0 Å². The van der Waals surface area contributed by atoms with E-state index in [1.165, 1.54) is 29.1 Å². The maximum Gasteiger partial charge on any atom is 0.150 e. The van der Waals surface area contributed by atoms with E-state index in [0.29, 0.717) is 23.1 Å². The van der Waals surface area contributed by atoms with Crippen LogP contribution in [0.1, 0.15) is 10.4 Å². The monoisotopic (exact) mass is 205 g/mol. The van der Waals surface area contributed by atoms with Crippen LogP contribution >= 0.6 is 0 Å². The highest BCUT2D eigenvalue weighted by atomic mass is 19.1. The first-order valence-corrected chi connectivity index (χ1v) is 4.32. The molecule has 0 unspecified atom stereocenters. The third-order valence-corrected chi connectivity index (χ3v) is 2.12. The lowest BCUT2D eigenvalue weighted by Crippen LogP contribution is -1.96. The summed E-state index contributed by atoms with van der Waals surface area (Å²) in [4.78, 5) is 10.6. The summed E-state index contributed by atoms with van der Waals surface area (Å²) >= 11 is 0. The minimum absolute atomic E-state index is 0.326. The molecule has 1 aromatic carbocycles. The molecule has 0 spiro atoms. The smallest absolute Gasteiger partial charge is 0.150 e. The summed E-state index contributed by atoms with van der Waals surface area (Å²) in [6, 6.07) is 4.16. The number of carbonyl (C=O) groups excluding carboxylic acids is 1. The van der Waals surface area contributed by atoms with Crippen LogP contribution in [0, 0.1) is 5.82 Å². The molecule has 76 valence electrons. The summed E-state index contributed by atoms with van der Waals surface area (Å²) in [6.07, 6.45) is 2.12. The molecule has 0 saturated carbocycles. The molecule has 5 heteroatoms. The van der Waals surface area contributed by atoms with Crippen molar-refractivity contribution in [2.75, 3.05) is 0 Å². The summed E-state index contributed by atoms with van der Waals surface area (Å²) in [5.41, 5.74) is 1.29. The van der Waals surface area contributed by atoms with Crippen LogP contribution in [0.4, 0.5) is 4.39 Å². The Balaban J connectivity index is 2.61. The molecular weight excluding hydrogens is 197 g/mol. The van der Waals surface area contributed by atoms with Gasteiger partial charge in [0.15, 0.2) is 0 Å². The first-order valence-electron chi connectivity index (χ1n) is 4.32. The van der Waals surface area contributed by atoms with Gasteiger partial charge in [-0.1, -0.05) is 5.21 Å². The van der Waals surface area contributed by atoms with Gasteiger partial charge in [-0.2, -0.15) is 0 Å². The third kappa shape index (κ3) is 1.63. The van der Waals surface area contributed by atoms with Crippen molar-refractivity contribution < 1.29 is 9.18 Å². The molecule has 1 heterocycles. The summed E-state index contributed by atoms with van der Waals surface area (Å²) in [5, 5.41) is 7.35. The normalized spacial score (nSPS) is 10.3. The zero-order chi connectivity index (χ0) is 10.8. The number of rotatable bonds is 2. The zero-order valence-electron chi connectivity index (χ0n) is 8.01. The number of carbonyl (C=O) groups is 1. The first kappa shape index (κ1) is 9.51. The van der Waals surface area contributed by atoms with Gasteiger partial charge >= 0.3 is 0 Å². The van der Waals surface area contributed by atoms with E-state index >= 15 is 0 Å². The Morgan fingerprint density at radius 1 is 1.47 bits per heavy atom. The Morgan fingerprint density at radius 2 is 2.27 bits per heavy atom. The number of halogens is 1. The molecule has 0 bridgehead atoms. The van der Waals surface area contributed by atoms with Crippen LogP contribution in [0.2, 0.25) is 0 Å². The summed E-state index contributed by atoms with van der Waals surface area (Å²) in [7, 11) is 1.66. The van der Waals surface area contributed by atoms with Gasteiger partial charge in [0.25, 0.3) is 0 Å². The minimum Gasteiger partial charge on any atom is -0.298 e. The van der Waals surface area contributed by atoms with Crippen LogP contribution in [0.5, 0.6) is 0 Å². The lowest BCUT2D eigenvalue weighted by molar-refractivity contribution is 0.112. The maximum atomic E-state index is 13.5. The fourth-order valence-corrected chi connectivity index (χ4v) is 1.35. The number of hydrogen-bond acceptors (Lipinski definition) is 3. The first-order chi connectivity index (χ1) is 7.22. The molecule has 0 aliphatic heterocycles. The molecule has 2 aromatic rings. The quantitative estimate of drug-likeness (QED) is 0.697. The van der Waals surface area contributed by atoms with E-state index in [9.17, 15) is 9.18 Å². The Labute approximate surface area is 85.3 Å². The Kier molecular flexibility index (Phi) is 2.29. The van der Waals surface area contributed by atoms with E-state index in [1.54, 1.807) is 7.05 Å². The molecule has 4 nitrogen and oxygen atoms in total. The average molecular weight is 205 g/mol. The molecule has 0 atom stereocenters. The lowest BCUT2D eigenvalue weighted by Gasteiger charge is -2.02. The van der Waals surface area contributed by atoms with Gasteiger partial charge in [0, 0.05) is 18.2 Å². The van der Waals surface area contributed by atoms with Gasteiger partial charge in [0.2, 0.25) is 0 Å². The molecular formula is C10H8FN3O. The second-order valence-corrected chi connectivity index (χ2v) is 3.10. The molecule has 0 aliphatic carbocycles. The van der Waals surface area contributed by atoms with Crippen LogP contribution in [-0.2, 0) is 7.05 Å². The van der Waals surface area contributed by atoms with E-state index in [1.807, 2.05) is 0 Å². The number of aryl methyl sites for hydroxylation is 1. The van der Waals surface area contributed by atoms with E-state index in [2.05, 4.69) is 10.3 Å². The largest absolute Gasteiger partial charge is 0.298 e. The standard InChI is InChI=1S/C10H8FN3O/c1-14-10(5-12-13-14)8-4-7(6-15)2-3-9(8)11/h2-6H,1H3. The van der Waals surface area contributed by atoms with E-state index in [4.69, 9.17) is 0 Å². The van der Waals surface area contributed by atoms with Crippen LogP contribution in [0.3, 0.4) is 0 Å². The van der Waals surface area contributed by atoms with Crippen molar-refractivity contribution in [3.05, 3.63) is 35.8 Å². The number of aldehydes is 1. The zero-order valence-corrected chi connectivity index (χ0v) is 8.01. The van der Waals surface area contributed by atoms with Crippen molar-refractivity contribution >= 4 is 6.29 Å². The highest BCUT2D eigenvalue weighted by Crippen LogP contribution is 2.21. The van der Waals surface area contributed by atoms with Gasteiger partial charge in [-0.25, -0.2) is 9.07 Å². The third-order valence-electron chi connectivity index (χ3n) is 2.12. The van der Waals surface area contributed by atoms with Crippen LogP contribution in [-0.4, -0.2) is 21.3 Å². The van der Waals surface area contributed by atoms with Crippen molar-refractivity contribution in [1.29, 1.82) is 0 Å². The molecule has 2 rings (SSSR count). The van der Waals surface area contributed by atoms with Gasteiger partial charge in [0.05, 0.1) is 11.9 Å². The van der Waals surface area contributed by atoms with Gasteiger partial charge in [-0.3, -0.25) is 4.79 Å². The predicted molar refractivity (Wildman–Crippen MR) is 51.8 cm³/mol. The number of hydrogen-bond donors (Lipinski definition) is 0. The number of aromatic nitrogens is 3. The van der Waals surface area contributed by atoms with Crippen LogP contribution in [0.15, 0.2) is 24.4 Å².